The molecule has 0 fully saturated rings. The van der Waals surface area contributed by atoms with Gasteiger partial charge in [0.25, 0.3) is 0 Å². The van der Waals surface area contributed by atoms with E-state index in [4.69, 9.17) is 4.74 Å². The Morgan fingerprint density at radius 3 is 2.33 bits per heavy atom. The molecule has 0 bridgehead atoms. The number of hydrogen-bond acceptors (Lipinski definition) is 1. The van der Waals surface area contributed by atoms with E-state index in [1.54, 1.807) is 13.3 Å². The molecule has 0 saturated carbocycles. The molecule has 3 heteroatoms. The Kier molecular flexibility index (Phi) is 3.02. The highest BCUT2D eigenvalue weighted by Crippen LogP contribution is 2.15. The van der Waals surface area contributed by atoms with Crippen molar-refractivity contribution in [2.75, 3.05) is 6.61 Å². The van der Waals surface area contributed by atoms with Gasteiger partial charge in [0, 0.05) is 18.2 Å². The van der Waals surface area contributed by atoms with Gasteiger partial charge in [0.15, 0.2) is 0 Å². The fourth-order valence-corrected chi connectivity index (χ4v) is 0.791. The van der Waals surface area contributed by atoms with E-state index in [9.17, 15) is 8.78 Å². The second-order valence-corrected chi connectivity index (χ2v) is 2.32. The predicted molar refractivity (Wildman–Crippen MR) is 41.8 cm³/mol. The largest absolute Gasteiger partial charge is 0.493 e. The number of benzene rings is 1. The molecule has 0 amide bonds. The number of ether oxygens (including phenoxy) is 1. The van der Waals surface area contributed by atoms with Crippen molar-refractivity contribution < 1.29 is 13.5 Å². The molecule has 1 aromatic rings. The molecule has 0 aliphatic carbocycles. The lowest BCUT2D eigenvalue weighted by Crippen LogP contribution is -1.96. The van der Waals surface area contributed by atoms with Gasteiger partial charge >= 0.3 is 0 Å². The zero-order valence-electron chi connectivity index (χ0n) is 6.68. The maximum atomic E-state index is 12.5. The summed E-state index contributed by atoms with van der Waals surface area (Å²) >= 11 is 0. The van der Waals surface area contributed by atoms with Crippen LogP contribution in [0.3, 0.4) is 0 Å². The molecular weight excluding hydrogens is 162 g/mol. The van der Waals surface area contributed by atoms with Gasteiger partial charge in [-0.1, -0.05) is 6.92 Å². The lowest BCUT2D eigenvalue weighted by molar-refractivity contribution is 0.345. The third-order valence-electron chi connectivity index (χ3n) is 1.25. The maximum absolute atomic E-state index is 12.5. The summed E-state index contributed by atoms with van der Waals surface area (Å²) in [5.41, 5.74) is 0. The lowest BCUT2D eigenvalue weighted by atomic mass is 10.3. The summed E-state index contributed by atoms with van der Waals surface area (Å²) in [6, 6.07) is 3.10. The lowest BCUT2D eigenvalue weighted by Gasteiger charge is -2.03. The highest BCUT2D eigenvalue weighted by Gasteiger charge is 1.99. The van der Waals surface area contributed by atoms with Crippen LogP contribution in [-0.2, 0) is 0 Å². The first-order chi connectivity index (χ1) is 5.72. The van der Waals surface area contributed by atoms with Crippen molar-refractivity contribution in [3.8, 4) is 5.75 Å². The molecule has 0 aliphatic heterocycles. The highest BCUT2D eigenvalue weighted by molar-refractivity contribution is 5.23. The predicted octanol–water partition coefficient (Wildman–Crippen LogP) is 2.57. The molecule has 1 radical (unpaired) electrons. The highest BCUT2D eigenvalue weighted by atomic mass is 19.1. The minimum atomic E-state index is -0.624. The van der Waals surface area contributed by atoms with Crippen LogP contribution in [0.15, 0.2) is 18.2 Å². The van der Waals surface area contributed by atoms with Crippen LogP contribution in [0.4, 0.5) is 8.78 Å². The van der Waals surface area contributed by atoms with E-state index in [1.165, 1.54) is 0 Å². The molecule has 0 saturated heterocycles. The zero-order valence-corrected chi connectivity index (χ0v) is 6.68. The Labute approximate surface area is 70.0 Å². The van der Waals surface area contributed by atoms with E-state index in [2.05, 4.69) is 0 Å². The van der Waals surface area contributed by atoms with Gasteiger partial charge in [0.1, 0.15) is 17.4 Å². The molecule has 0 spiro atoms. The van der Waals surface area contributed by atoms with E-state index >= 15 is 0 Å². The van der Waals surface area contributed by atoms with Gasteiger partial charge in [-0.15, -0.1) is 0 Å². The fourth-order valence-electron chi connectivity index (χ4n) is 0.791. The molecule has 0 aliphatic rings. The van der Waals surface area contributed by atoms with E-state index in [0.29, 0.717) is 6.61 Å². The Hall–Kier alpha value is -1.12. The molecule has 0 N–H and O–H groups in total. The standard InChI is InChI=1S/C9H9F2O/c1-2-3-12-9-5-7(10)4-8(11)6-9/h2,4-6H,3H2,1H3. The van der Waals surface area contributed by atoms with E-state index < -0.39 is 11.6 Å². The number of hydrogen-bond donors (Lipinski definition) is 0. The normalized spacial score (nSPS) is 9.92. The molecule has 0 heterocycles. The van der Waals surface area contributed by atoms with Gasteiger partial charge in [-0.25, -0.2) is 8.78 Å². The molecule has 0 unspecified atom stereocenters. The fraction of sp³-hybridized carbons (Fsp3) is 0.222. The number of rotatable bonds is 3. The van der Waals surface area contributed by atoms with Gasteiger partial charge < -0.3 is 4.74 Å². The summed E-state index contributed by atoms with van der Waals surface area (Å²) in [5.74, 6) is -1.03. The van der Waals surface area contributed by atoms with Gasteiger partial charge in [0.05, 0.1) is 6.61 Å². The minimum absolute atomic E-state index is 0.214. The first-order valence-electron chi connectivity index (χ1n) is 3.59. The minimum Gasteiger partial charge on any atom is -0.493 e. The molecule has 65 valence electrons. The average Bonchev–Trinajstić information content (AvgIpc) is 1.99. The summed E-state index contributed by atoms with van der Waals surface area (Å²) in [5, 5.41) is 0. The van der Waals surface area contributed by atoms with Crippen LogP contribution in [0.5, 0.6) is 5.75 Å². The van der Waals surface area contributed by atoms with Gasteiger partial charge in [-0.2, -0.15) is 0 Å². The van der Waals surface area contributed by atoms with Crippen LogP contribution in [0.2, 0.25) is 0 Å². The topological polar surface area (TPSA) is 9.23 Å². The van der Waals surface area contributed by atoms with Crippen molar-refractivity contribution in [2.45, 2.75) is 6.92 Å². The second kappa shape index (κ2) is 4.04. The zero-order chi connectivity index (χ0) is 8.97. The van der Waals surface area contributed by atoms with Crippen LogP contribution in [0.1, 0.15) is 6.92 Å². The summed E-state index contributed by atoms with van der Waals surface area (Å²) in [6.45, 7) is 2.15. The van der Waals surface area contributed by atoms with Gasteiger partial charge in [-0.3, -0.25) is 0 Å². The van der Waals surface area contributed by atoms with Crippen LogP contribution < -0.4 is 4.74 Å². The third kappa shape index (κ3) is 2.49. The van der Waals surface area contributed by atoms with Gasteiger partial charge in [-0.05, 0) is 6.42 Å². The van der Waals surface area contributed by atoms with Crippen molar-refractivity contribution in [3.63, 3.8) is 0 Å². The Bertz CT molecular complexity index is 240. The smallest absolute Gasteiger partial charge is 0.129 e. The molecule has 0 aromatic heterocycles. The van der Waals surface area contributed by atoms with E-state index in [-0.39, 0.29) is 5.75 Å². The maximum Gasteiger partial charge on any atom is 0.129 e. The summed E-state index contributed by atoms with van der Waals surface area (Å²) in [4.78, 5) is 0. The monoisotopic (exact) mass is 171 g/mol. The van der Waals surface area contributed by atoms with Crippen LogP contribution in [0, 0.1) is 18.1 Å². The van der Waals surface area contributed by atoms with Crippen molar-refractivity contribution in [1.29, 1.82) is 0 Å². The van der Waals surface area contributed by atoms with Crippen LogP contribution in [-0.4, -0.2) is 6.61 Å². The number of halogens is 2. The Morgan fingerprint density at radius 2 is 1.83 bits per heavy atom. The summed E-state index contributed by atoms with van der Waals surface area (Å²) in [6.07, 6.45) is 1.75. The SMILES string of the molecule is C[CH]COc1cc(F)cc(F)c1. The van der Waals surface area contributed by atoms with E-state index in [0.717, 1.165) is 18.2 Å². The molecule has 12 heavy (non-hydrogen) atoms. The molecule has 0 atom stereocenters. The molecular formula is C9H9F2O. The van der Waals surface area contributed by atoms with Gasteiger partial charge in [0.2, 0.25) is 0 Å². The van der Waals surface area contributed by atoms with Crippen LogP contribution in [0.25, 0.3) is 0 Å². The quantitative estimate of drug-likeness (QED) is 0.679. The van der Waals surface area contributed by atoms with Crippen LogP contribution >= 0.6 is 0 Å². The third-order valence-corrected chi connectivity index (χ3v) is 1.25. The Morgan fingerprint density at radius 1 is 1.25 bits per heavy atom. The summed E-state index contributed by atoms with van der Waals surface area (Å²) in [7, 11) is 0. The van der Waals surface area contributed by atoms with E-state index in [1.807, 2.05) is 0 Å². The first kappa shape index (κ1) is 8.97. The Balaban J connectivity index is 2.72. The van der Waals surface area contributed by atoms with Crippen molar-refractivity contribution in [3.05, 3.63) is 36.3 Å². The second-order valence-electron chi connectivity index (χ2n) is 2.32. The van der Waals surface area contributed by atoms with Crippen molar-refractivity contribution >= 4 is 0 Å². The average molecular weight is 171 g/mol. The molecule has 1 nitrogen and oxygen atoms in total. The molecule has 1 rings (SSSR count). The first-order valence-corrected chi connectivity index (χ1v) is 3.59. The van der Waals surface area contributed by atoms with Crippen molar-refractivity contribution in [1.82, 2.24) is 0 Å². The molecule has 1 aromatic carbocycles. The van der Waals surface area contributed by atoms with Crippen molar-refractivity contribution in [2.24, 2.45) is 0 Å². The summed E-state index contributed by atoms with van der Waals surface area (Å²) < 4.78 is 30.0.